The zero-order chi connectivity index (χ0) is 22.3. The van der Waals surface area contributed by atoms with E-state index in [1.165, 1.54) is 5.56 Å². The molecule has 166 valence electrons. The van der Waals surface area contributed by atoms with Gasteiger partial charge in [-0.15, -0.1) is 0 Å². The largest absolute Gasteiger partial charge is 0.457 e. The first-order valence-electron chi connectivity index (χ1n) is 10.9. The molecule has 0 spiro atoms. The molecule has 4 rings (SSSR count). The number of carbonyl (C=O) groups is 1. The lowest BCUT2D eigenvalue weighted by molar-refractivity contribution is 0.0472. The Labute approximate surface area is 188 Å². The van der Waals surface area contributed by atoms with E-state index in [2.05, 4.69) is 26.5 Å². The molecule has 1 saturated heterocycles. The van der Waals surface area contributed by atoms with E-state index in [1.54, 1.807) is 13.1 Å². The van der Waals surface area contributed by atoms with Gasteiger partial charge in [0, 0.05) is 45.8 Å². The van der Waals surface area contributed by atoms with Gasteiger partial charge < -0.3 is 15.0 Å². The van der Waals surface area contributed by atoms with Gasteiger partial charge in [-0.3, -0.25) is 9.67 Å². The standard InChI is InChI=1S/C25H29N5O2/c1-26-25(30-12-11-22(17-30)23-15-28-29(2)16-23)27-14-20-9-6-10-21(13-20)24(31)32-18-19-7-4-3-5-8-19/h3-10,13,15-16,22H,11-12,14,17-18H2,1-2H3,(H,26,27). The van der Waals surface area contributed by atoms with E-state index in [4.69, 9.17) is 4.74 Å². The summed E-state index contributed by atoms with van der Waals surface area (Å²) < 4.78 is 7.30. The van der Waals surface area contributed by atoms with Crippen molar-refractivity contribution in [3.63, 3.8) is 0 Å². The number of esters is 1. The number of aliphatic imine (C=N–C) groups is 1. The maximum Gasteiger partial charge on any atom is 0.338 e. The number of nitrogens with zero attached hydrogens (tertiary/aromatic N) is 4. The second-order valence-corrected chi connectivity index (χ2v) is 8.04. The molecule has 0 saturated carbocycles. The van der Waals surface area contributed by atoms with Crippen molar-refractivity contribution in [3.8, 4) is 0 Å². The number of aromatic nitrogens is 2. The Hall–Kier alpha value is -3.61. The number of rotatable bonds is 6. The quantitative estimate of drug-likeness (QED) is 0.368. The van der Waals surface area contributed by atoms with E-state index < -0.39 is 0 Å². The number of likely N-dealkylation sites (tertiary alicyclic amines) is 1. The number of nitrogens with one attached hydrogen (secondary N) is 1. The Bertz CT molecular complexity index is 1080. The van der Waals surface area contributed by atoms with E-state index in [0.29, 0.717) is 18.0 Å². The van der Waals surface area contributed by atoms with Gasteiger partial charge in [0.2, 0.25) is 0 Å². The van der Waals surface area contributed by atoms with E-state index in [9.17, 15) is 4.79 Å². The van der Waals surface area contributed by atoms with Crippen molar-refractivity contribution < 1.29 is 9.53 Å². The van der Waals surface area contributed by atoms with Crippen LogP contribution in [0.4, 0.5) is 0 Å². The van der Waals surface area contributed by atoms with Gasteiger partial charge in [0.15, 0.2) is 5.96 Å². The van der Waals surface area contributed by atoms with Crippen LogP contribution in [0.25, 0.3) is 0 Å². The average molecular weight is 432 g/mol. The molecule has 0 aliphatic carbocycles. The lowest BCUT2D eigenvalue weighted by Gasteiger charge is -2.21. The van der Waals surface area contributed by atoms with Crippen LogP contribution in [0.15, 0.2) is 72.0 Å². The first kappa shape index (κ1) is 21.6. The molecule has 1 aliphatic heterocycles. The van der Waals surface area contributed by atoms with Gasteiger partial charge >= 0.3 is 5.97 Å². The molecule has 3 aromatic rings. The second-order valence-electron chi connectivity index (χ2n) is 8.04. The van der Waals surface area contributed by atoms with E-state index >= 15 is 0 Å². The molecule has 1 unspecified atom stereocenters. The summed E-state index contributed by atoms with van der Waals surface area (Å²) in [4.78, 5) is 19.2. The predicted octanol–water partition coefficient (Wildman–Crippen LogP) is 3.34. The molecule has 0 radical (unpaired) electrons. The number of ether oxygens (including phenoxy) is 1. The Morgan fingerprint density at radius 2 is 2.00 bits per heavy atom. The highest BCUT2D eigenvalue weighted by Gasteiger charge is 2.26. The number of hydrogen-bond acceptors (Lipinski definition) is 4. The van der Waals surface area contributed by atoms with Crippen molar-refractivity contribution in [1.29, 1.82) is 0 Å². The van der Waals surface area contributed by atoms with E-state index in [0.717, 1.165) is 36.6 Å². The van der Waals surface area contributed by atoms with Crippen LogP contribution in [0.2, 0.25) is 0 Å². The first-order chi connectivity index (χ1) is 15.6. The molecule has 0 bridgehead atoms. The highest BCUT2D eigenvalue weighted by molar-refractivity contribution is 5.89. The van der Waals surface area contributed by atoms with Crippen LogP contribution in [-0.4, -0.2) is 46.7 Å². The zero-order valence-corrected chi connectivity index (χ0v) is 18.6. The van der Waals surface area contributed by atoms with Crippen LogP contribution >= 0.6 is 0 Å². The summed E-state index contributed by atoms with van der Waals surface area (Å²) in [6.07, 6.45) is 5.12. The van der Waals surface area contributed by atoms with Gasteiger partial charge in [0.1, 0.15) is 6.61 Å². The van der Waals surface area contributed by atoms with Crippen LogP contribution in [0.1, 0.15) is 39.4 Å². The van der Waals surface area contributed by atoms with Gasteiger partial charge in [-0.25, -0.2) is 4.79 Å². The monoisotopic (exact) mass is 431 g/mol. The minimum absolute atomic E-state index is 0.266. The minimum atomic E-state index is -0.320. The van der Waals surface area contributed by atoms with Gasteiger partial charge in [-0.05, 0) is 35.2 Å². The number of guanidine groups is 1. The molecule has 32 heavy (non-hydrogen) atoms. The zero-order valence-electron chi connectivity index (χ0n) is 18.6. The van der Waals surface area contributed by atoms with E-state index in [1.807, 2.05) is 66.5 Å². The Kier molecular flexibility index (Phi) is 6.84. The number of aryl methyl sites for hydroxylation is 1. The molecule has 1 aromatic heterocycles. The third-order valence-corrected chi connectivity index (χ3v) is 5.72. The topological polar surface area (TPSA) is 71.8 Å². The summed E-state index contributed by atoms with van der Waals surface area (Å²) in [5.74, 6) is 1.01. The molecular weight excluding hydrogens is 402 g/mol. The lowest BCUT2D eigenvalue weighted by atomic mass is 10.0. The smallest absolute Gasteiger partial charge is 0.338 e. The maximum absolute atomic E-state index is 12.5. The fourth-order valence-electron chi connectivity index (χ4n) is 4.00. The molecule has 1 N–H and O–H groups in total. The molecule has 1 atom stereocenters. The maximum atomic E-state index is 12.5. The average Bonchev–Trinajstić information content (AvgIpc) is 3.48. The SMILES string of the molecule is CN=C(NCc1cccc(C(=O)OCc2ccccc2)c1)N1CCC(c2cnn(C)c2)C1. The van der Waals surface area contributed by atoms with E-state index in [-0.39, 0.29) is 12.6 Å². The first-order valence-corrected chi connectivity index (χ1v) is 10.9. The van der Waals surface area contributed by atoms with Gasteiger partial charge in [-0.1, -0.05) is 42.5 Å². The Balaban J connectivity index is 1.31. The third-order valence-electron chi connectivity index (χ3n) is 5.72. The molecular formula is C25H29N5O2. The molecule has 2 aromatic carbocycles. The van der Waals surface area contributed by atoms with Gasteiger partial charge in [0.25, 0.3) is 0 Å². The Morgan fingerprint density at radius 3 is 2.75 bits per heavy atom. The highest BCUT2D eigenvalue weighted by Crippen LogP contribution is 2.26. The van der Waals surface area contributed by atoms with Crippen molar-refractivity contribution in [3.05, 3.63) is 89.2 Å². The Morgan fingerprint density at radius 1 is 1.19 bits per heavy atom. The van der Waals surface area contributed by atoms with Crippen LogP contribution in [-0.2, 0) is 24.9 Å². The molecule has 7 nitrogen and oxygen atoms in total. The molecule has 7 heteroatoms. The number of hydrogen-bond donors (Lipinski definition) is 1. The van der Waals surface area contributed by atoms with Crippen molar-refractivity contribution in [2.45, 2.75) is 25.5 Å². The summed E-state index contributed by atoms with van der Waals surface area (Å²) in [7, 11) is 3.75. The van der Waals surface area contributed by atoms with Gasteiger partial charge in [-0.2, -0.15) is 5.10 Å². The van der Waals surface area contributed by atoms with Crippen LogP contribution < -0.4 is 5.32 Å². The summed E-state index contributed by atoms with van der Waals surface area (Å²) in [6, 6.07) is 17.2. The number of carbonyl (C=O) groups excluding carboxylic acids is 1. The summed E-state index contributed by atoms with van der Waals surface area (Å²) in [6.45, 7) is 2.71. The minimum Gasteiger partial charge on any atom is -0.457 e. The summed E-state index contributed by atoms with van der Waals surface area (Å²) in [5.41, 5.74) is 3.79. The fourth-order valence-corrected chi connectivity index (χ4v) is 4.00. The highest BCUT2D eigenvalue weighted by atomic mass is 16.5. The molecule has 1 aliphatic rings. The van der Waals surface area contributed by atoms with Crippen molar-refractivity contribution in [2.75, 3.05) is 20.1 Å². The van der Waals surface area contributed by atoms with Crippen LogP contribution in [0, 0.1) is 0 Å². The second kappa shape index (κ2) is 10.1. The lowest BCUT2D eigenvalue weighted by Crippen LogP contribution is -2.39. The predicted molar refractivity (Wildman–Crippen MR) is 124 cm³/mol. The van der Waals surface area contributed by atoms with Gasteiger partial charge in [0.05, 0.1) is 11.8 Å². The van der Waals surface area contributed by atoms with Crippen molar-refractivity contribution >= 4 is 11.9 Å². The van der Waals surface area contributed by atoms with Crippen molar-refractivity contribution in [1.82, 2.24) is 20.0 Å². The molecule has 0 amide bonds. The summed E-state index contributed by atoms with van der Waals surface area (Å²) >= 11 is 0. The van der Waals surface area contributed by atoms with Crippen LogP contribution in [0.5, 0.6) is 0 Å². The number of benzene rings is 2. The molecule has 2 heterocycles. The van der Waals surface area contributed by atoms with Crippen molar-refractivity contribution in [2.24, 2.45) is 12.0 Å². The normalized spacial score (nSPS) is 16.2. The van der Waals surface area contributed by atoms with Crippen LogP contribution in [0.3, 0.4) is 0 Å². The fraction of sp³-hybridized carbons (Fsp3) is 0.320. The third kappa shape index (κ3) is 5.35. The summed E-state index contributed by atoms with van der Waals surface area (Å²) in [5, 5.41) is 7.73. The molecule has 1 fully saturated rings.